The Morgan fingerprint density at radius 1 is 0.878 bits per heavy atom. The summed E-state index contributed by atoms with van der Waals surface area (Å²) in [6, 6.07) is 19.7. The number of imidazole rings is 1. The highest BCUT2D eigenvalue weighted by molar-refractivity contribution is 5.95. The van der Waals surface area contributed by atoms with Crippen molar-refractivity contribution in [2.45, 2.75) is 40.2 Å². The van der Waals surface area contributed by atoms with Crippen LogP contribution in [0.1, 0.15) is 55.0 Å². The van der Waals surface area contributed by atoms with E-state index in [4.69, 9.17) is 40.1 Å². The van der Waals surface area contributed by atoms with Crippen LogP contribution < -0.4 is 19.9 Å². The van der Waals surface area contributed by atoms with Crippen molar-refractivity contribution < 1.29 is 28.5 Å². The third-order valence-electron chi connectivity index (χ3n) is 7.78. The molecule has 2 unspecified atom stereocenters. The summed E-state index contributed by atoms with van der Waals surface area (Å²) in [4.78, 5) is 41.7. The maximum Gasteiger partial charge on any atom is 0.329 e. The summed E-state index contributed by atoms with van der Waals surface area (Å²) in [6.45, 7) is 7.66. The molecule has 0 radical (unpaired) electrons. The van der Waals surface area contributed by atoms with E-state index >= 15 is 0 Å². The van der Waals surface area contributed by atoms with E-state index < -0.39 is 12.0 Å². The number of carbonyl (C=O) groups excluding carboxylic acids is 2. The minimum absolute atomic E-state index is 0.0244. The topological polar surface area (TPSA) is 168 Å². The SMILES string of the molecule is CCOC(=O)C(C(C)CC)n1c(C)nc2c(Oc3cccc(C(=O)N(C)C)c3)nc(Oc3cc(C(=N)N)ccc3Oc3ccccc3)nc21. The van der Waals surface area contributed by atoms with Gasteiger partial charge in [-0.1, -0.05) is 44.5 Å². The number of fused-ring (bicyclic) bond motifs is 1. The minimum Gasteiger partial charge on any atom is -0.464 e. The second-order valence-corrected chi connectivity index (χ2v) is 11.5. The van der Waals surface area contributed by atoms with Crippen molar-refractivity contribution in [2.75, 3.05) is 20.7 Å². The minimum atomic E-state index is -0.760. The van der Waals surface area contributed by atoms with E-state index in [9.17, 15) is 9.59 Å². The molecule has 13 nitrogen and oxygen atoms in total. The predicted octanol–water partition coefficient (Wildman–Crippen LogP) is 6.65. The number of ether oxygens (including phenoxy) is 4. The molecule has 2 aromatic heterocycles. The molecule has 0 saturated carbocycles. The van der Waals surface area contributed by atoms with Gasteiger partial charge in [0.15, 0.2) is 22.7 Å². The van der Waals surface area contributed by atoms with E-state index in [0.717, 1.165) is 0 Å². The van der Waals surface area contributed by atoms with Crippen LogP contribution in [-0.2, 0) is 9.53 Å². The molecule has 0 fully saturated rings. The van der Waals surface area contributed by atoms with Gasteiger partial charge in [0.05, 0.1) is 6.61 Å². The van der Waals surface area contributed by atoms with E-state index in [-0.39, 0.29) is 53.1 Å². The molecule has 49 heavy (non-hydrogen) atoms. The molecule has 0 bridgehead atoms. The van der Waals surface area contributed by atoms with Gasteiger partial charge in [-0.3, -0.25) is 14.8 Å². The highest BCUT2D eigenvalue weighted by Crippen LogP contribution is 2.38. The maximum absolute atomic E-state index is 13.4. The molecule has 5 rings (SSSR count). The number of nitrogens with two attached hydrogens (primary N) is 1. The van der Waals surface area contributed by atoms with Crippen LogP contribution in [0.25, 0.3) is 11.2 Å². The molecule has 3 aromatic carbocycles. The number of carbonyl (C=O) groups is 2. The van der Waals surface area contributed by atoms with E-state index in [2.05, 4.69) is 4.98 Å². The fraction of sp³-hybridized carbons (Fsp3) is 0.278. The molecular formula is C36H39N7O6. The van der Waals surface area contributed by atoms with Crippen LogP contribution in [0.3, 0.4) is 0 Å². The second-order valence-electron chi connectivity index (χ2n) is 11.5. The summed E-state index contributed by atoms with van der Waals surface area (Å²) < 4.78 is 25.9. The standard InChI is InChI=1S/C36H39N7O6/c1-7-21(3)30(35(45)46-8-2)43-22(4)39-29-32(43)40-36(41-33(29)48-26-16-12-13-24(19-26)34(44)42(5)6)49-28-20-23(31(37)38)17-18-27(28)47-25-14-10-9-11-15-25/h9-21,30H,7-8H2,1-6H3,(H3,37,38). The van der Waals surface area contributed by atoms with Crippen LogP contribution in [0.4, 0.5) is 0 Å². The quantitative estimate of drug-likeness (QED) is 0.0789. The number of nitrogen functional groups attached to an aromatic ring is 1. The average molecular weight is 666 g/mol. The lowest BCUT2D eigenvalue weighted by Crippen LogP contribution is -2.28. The number of nitrogens with zero attached hydrogens (tertiary/aromatic N) is 5. The van der Waals surface area contributed by atoms with E-state index in [0.29, 0.717) is 40.6 Å². The number of amidine groups is 1. The molecule has 2 heterocycles. The zero-order valence-corrected chi connectivity index (χ0v) is 28.3. The predicted molar refractivity (Wildman–Crippen MR) is 184 cm³/mol. The Hall–Kier alpha value is -5.98. The van der Waals surface area contributed by atoms with Crippen molar-refractivity contribution in [1.29, 1.82) is 5.41 Å². The summed E-state index contributed by atoms with van der Waals surface area (Å²) in [5.41, 5.74) is 7.15. The zero-order chi connectivity index (χ0) is 35.2. The monoisotopic (exact) mass is 665 g/mol. The van der Waals surface area contributed by atoms with Gasteiger partial charge in [-0.05, 0) is 68.3 Å². The number of hydrogen-bond acceptors (Lipinski definition) is 10. The van der Waals surface area contributed by atoms with Crippen LogP contribution in [0.2, 0.25) is 0 Å². The largest absolute Gasteiger partial charge is 0.464 e. The van der Waals surface area contributed by atoms with Crippen molar-refractivity contribution in [1.82, 2.24) is 24.4 Å². The van der Waals surface area contributed by atoms with E-state index in [1.165, 1.54) is 4.90 Å². The molecule has 1 amide bonds. The van der Waals surface area contributed by atoms with Gasteiger partial charge in [0.2, 0.25) is 0 Å². The summed E-state index contributed by atoms with van der Waals surface area (Å²) in [5, 5.41) is 8.00. The average Bonchev–Trinajstić information content (AvgIpc) is 3.41. The summed E-state index contributed by atoms with van der Waals surface area (Å²) in [5.74, 6) is 0.905. The van der Waals surface area contributed by atoms with E-state index in [1.54, 1.807) is 87.1 Å². The lowest BCUT2D eigenvalue weighted by molar-refractivity contribution is -0.148. The van der Waals surface area contributed by atoms with Gasteiger partial charge in [0, 0.05) is 25.2 Å². The smallest absolute Gasteiger partial charge is 0.329 e. The zero-order valence-electron chi connectivity index (χ0n) is 28.3. The summed E-state index contributed by atoms with van der Waals surface area (Å²) in [6.07, 6.45) is 0.672. The van der Waals surface area contributed by atoms with Gasteiger partial charge in [0.25, 0.3) is 11.8 Å². The van der Waals surface area contributed by atoms with Crippen LogP contribution in [0, 0.1) is 18.3 Å². The first-order valence-corrected chi connectivity index (χ1v) is 15.8. The Morgan fingerprint density at radius 2 is 1.61 bits per heavy atom. The lowest BCUT2D eigenvalue weighted by atomic mass is 9.99. The summed E-state index contributed by atoms with van der Waals surface area (Å²) >= 11 is 0. The van der Waals surface area contributed by atoms with Crippen LogP contribution in [-0.4, -0.2) is 62.8 Å². The third-order valence-corrected chi connectivity index (χ3v) is 7.78. The lowest BCUT2D eigenvalue weighted by Gasteiger charge is -2.24. The van der Waals surface area contributed by atoms with Crippen LogP contribution in [0.5, 0.6) is 34.9 Å². The number of nitrogens with one attached hydrogen (secondary N) is 1. The molecule has 254 valence electrons. The molecule has 0 saturated heterocycles. The number of para-hydroxylation sites is 1. The molecule has 3 N–H and O–H groups in total. The molecular weight excluding hydrogens is 626 g/mol. The fourth-order valence-corrected chi connectivity index (χ4v) is 5.15. The van der Waals surface area contributed by atoms with Crippen LogP contribution in [0.15, 0.2) is 72.8 Å². The first-order chi connectivity index (χ1) is 23.5. The number of aromatic nitrogens is 4. The highest BCUT2D eigenvalue weighted by atomic mass is 16.5. The number of aryl methyl sites for hydroxylation is 1. The molecule has 0 aliphatic rings. The molecule has 0 aliphatic heterocycles. The van der Waals surface area contributed by atoms with Gasteiger partial charge >= 0.3 is 12.0 Å². The van der Waals surface area contributed by atoms with Crippen molar-refractivity contribution in [3.63, 3.8) is 0 Å². The van der Waals surface area contributed by atoms with Crippen molar-refractivity contribution in [3.05, 3.63) is 89.7 Å². The maximum atomic E-state index is 13.4. The Bertz CT molecular complexity index is 1990. The first-order valence-electron chi connectivity index (χ1n) is 15.8. The highest BCUT2D eigenvalue weighted by Gasteiger charge is 2.32. The van der Waals surface area contributed by atoms with Crippen LogP contribution >= 0.6 is 0 Å². The van der Waals surface area contributed by atoms with E-state index in [1.807, 2.05) is 32.0 Å². The van der Waals surface area contributed by atoms with Gasteiger partial charge in [-0.15, -0.1) is 0 Å². The van der Waals surface area contributed by atoms with Gasteiger partial charge in [-0.2, -0.15) is 9.97 Å². The number of rotatable bonds is 13. The molecule has 2 atom stereocenters. The Labute approximate surface area is 284 Å². The molecule has 0 aliphatic carbocycles. The Morgan fingerprint density at radius 3 is 2.29 bits per heavy atom. The fourth-order valence-electron chi connectivity index (χ4n) is 5.15. The Kier molecular flexibility index (Phi) is 10.4. The number of amides is 1. The normalized spacial score (nSPS) is 12.2. The number of benzene rings is 3. The third kappa shape index (κ3) is 7.61. The van der Waals surface area contributed by atoms with Crippen molar-refractivity contribution >= 4 is 28.9 Å². The van der Waals surface area contributed by atoms with Crippen molar-refractivity contribution in [2.24, 2.45) is 11.7 Å². The number of hydrogen-bond donors (Lipinski definition) is 2. The summed E-state index contributed by atoms with van der Waals surface area (Å²) in [7, 11) is 3.33. The molecule has 5 aromatic rings. The number of esters is 1. The second kappa shape index (κ2) is 14.8. The molecule has 0 spiro atoms. The van der Waals surface area contributed by atoms with Gasteiger partial charge < -0.3 is 29.6 Å². The first kappa shape index (κ1) is 34.4. The molecule has 13 heteroatoms. The Balaban J connectivity index is 1.69. The van der Waals surface area contributed by atoms with Crippen molar-refractivity contribution in [3.8, 4) is 34.9 Å². The van der Waals surface area contributed by atoms with Gasteiger partial charge in [0.1, 0.15) is 29.2 Å². The van der Waals surface area contributed by atoms with Gasteiger partial charge in [-0.25, -0.2) is 9.78 Å².